The number of nitrogens with one attached hydrogen (secondary N) is 1. The minimum Gasteiger partial charge on any atom is -0.484 e. The van der Waals surface area contributed by atoms with Crippen LogP contribution in [-0.2, 0) is 27.3 Å². The number of imidazole rings is 1. The van der Waals surface area contributed by atoms with Crippen molar-refractivity contribution in [3.63, 3.8) is 0 Å². The van der Waals surface area contributed by atoms with Crippen LogP contribution in [0.25, 0.3) is 11.0 Å². The number of aryl methyl sites for hydroxylation is 1. The number of methoxy groups -OCH3 is 1. The predicted octanol–water partition coefficient (Wildman–Crippen LogP) is 2.34. The first kappa shape index (κ1) is 19.4. The molecule has 0 spiro atoms. The quantitative estimate of drug-likeness (QED) is 0.454. The number of nitrogens with zero attached hydrogens (tertiary/aromatic N) is 2. The molecule has 3 rings (SSSR count). The number of carbonyl (C=O) groups is 2. The average molecular weight is 381 g/mol. The lowest BCUT2D eigenvalue weighted by Crippen LogP contribution is -2.30. The predicted molar refractivity (Wildman–Crippen MR) is 105 cm³/mol. The zero-order valence-electron chi connectivity index (χ0n) is 15.8. The molecule has 0 fully saturated rings. The van der Waals surface area contributed by atoms with Crippen molar-refractivity contribution in [2.75, 3.05) is 20.3 Å². The van der Waals surface area contributed by atoms with Gasteiger partial charge in [-0.1, -0.05) is 30.3 Å². The van der Waals surface area contributed by atoms with E-state index in [9.17, 15) is 9.59 Å². The minimum absolute atomic E-state index is 0.0229. The molecule has 28 heavy (non-hydrogen) atoms. The molecule has 7 heteroatoms. The number of hydrogen-bond acceptors (Lipinski definition) is 5. The van der Waals surface area contributed by atoms with E-state index in [1.807, 2.05) is 47.0 Å². The molecule has 0 unspecified atom stereocenters. The van der Waals surface area contributed by atoms with Crippen LogP contribution in [0.4, 0.5) is 0 Å². The summed E-state index contributed by atoms with van der Waals surface area (Å²) in [7, 11) is 1.37. The van der Waals surface area contributed by atoms with E-state index in [1.165, 1.54) is 7.11 Å². The van der Waals surface area contributed by atoms with E-state index in [2.05, 4.69) is 10.3 Å². The molecular weight excluding hydrogens is 358 g/mol. The van der Waals surface area contributed by atoms with Gasteiger partial charge in [0.05, 0.1) is 18.1 Å². The number of amides is 1. The Bertz CT molecular complexity index is 937. The molecule has 0 saturated carbocycles. The van der Waals surface area contributed by atoms with Gasteiger partial charge in [-0.05, 0) is 30.7 Å². The monoisotopic (exact) mass is 381 g/mol. The van der Waals surface area contributed by atoms with Crippen molar-refractivity contribution in [3.8, 4) is 5.75 Å². The van der Waals surface area contributed by atoms with Crippen molar-refractivity contribution < 1.29 is 19.1 Å². The number of benzene rings is 2. The van der Waals surface area contributed by atoms with Crippen LogP contribution >= 0.6 is 0 Å². The van der Waals surface area contributed by atoms with Gasteiger partial charge in [-0.2, -0.15) is 0 Å². The van der Waals surface area contributed by atoms with Gasteiger partial charge in [-0.15, -0.1) is 0 Å². The molecule has 0 aliphatic carbocycles. The third-order valence-corrected chi connectivity index (χ3v) is 4.26. The van der Waals surface area contributed by atoms with Gasteiger partial charge in [0.1, 0.15) is 18.1 Å². The van der Waals surface area contributed by atoms with Gasteiger partial charge in [-0.3, -0.25) is 9.59 Å². The summed E-state index contributed by atoms with van der Waals surface area (Å²) in [5.41, 5.74) is 1.73. The van der Waals surface area contributed by atoms with Crippen LogP contribution in [0, 0.1) is 0 Å². The number of rotatable bonds is 9. The first-order valence-corrected chi connectivity index (χ1v) is 9.13. The topological polar surface area (TPSA) is 82.5 Å². The minimum atomic E-state index is -0.323. The van der Waals surface area contributed by atoms with E-state index in [0.29, 0.717) is 25.1 Å². The van der Waals surface area contributed by atoms with Gasteiger partial charge in [-0.25, -0.2) is 4.98 Å². The molecule has 0 atom stereocenters. The SMILES string of the molecule is COC(=O)Cn1c(CCCNC(=O)COc2ccccc2)nc2ccccc21. The zero-order valence-corrected chi connectivity index (χ0v) is 15.8. The fourth-order valence-corrected chi connectivity index (χ4v) is 2.88. The maximum Gasteiger partial charge on any atom is 0.325 e. The number of para-hydroxylation sites is 3. The lowest BCUT2D eigenvalue weighted by Gasteiger charge is -2.09. The number of aromatic nitrogens is 2. The standard InChI is InChI=1S/C21H23N3O4/c1-27-21(26)14-24-18-11-6-5-10-17(18)23-19(24)12-7-13-22-20(25)15-28-16-8-3-2-4-9-16/h2-6,8-11H,7,12-15H2,1H3,(H,22,25). The van der Waals surface area contributed by atoms with Crippen LogP contribution in [0.5, 0.6) is 5.75 Å². The van der Waals surface area contributed by atoms with E-state index in [4.69, 9.17) is 9.47 Å². The number of carbonyl (C=O) groups excluding carboxylic acids is 2. The summed E-state index contributed by atoms with van der Waals surface area (Å²) in [5, 5.41) is 2.84. The Kier molecular flexibility index (Phi) is 6.62. The second kappa shape index (κ2) is 9.55. The smallest absolute Gasteiger partial charge is 0.325 e. The largest absolute Gasteiger partial charge is 0.484 e. The molecule has 3 aromatic rings. The molecule has 2 aromatic carbocycles. The summed E-state index contributed by atoms with van der Waals surface area (Å²) in [6.45, 7) is 0.590. The molecule has 0 aliphatic rings. The van der Waals surface area contributed by atoms with Crippen molar-refractivity contribution in [2.24, 2.45) is 0 Å². The number of esters is 1. The first-order chi connectivity index (χ1) is 13.7. The van der Waals surface area contributed by atoms with Crippen LogP contribution in [0.2, 0.25) is 0 Å². The molecule has 1 N–H and O–H groups in total. The van der Waals surface area contributed by atoms with Gasteiger partial charge in [0.15, 0.2) is 6.61 Å². The molecule has 7 nitrogen and oxygen atoms in total. The van der Waals surface area contributed by atoms with E-state index >= 15 is 0 Å². The van der Waals surface area contributed by atoms with E-state index in [1.54, 1.807) is 12.1 Å². The van der Waals surface area contributed by atoms with Crippen molar-refractivity contribution in [2.45, 2.75) is 19.4 Å². The Morgan fingerprint density at radius 1 is 1.07 bits per heavy atom. The van der Waals surface area contributed by atoms with Crippen molar-refractivity contribution in [1.29, 1.82) is 0 Å². The normalized spacial score (nSPS) is 10.6. The van der Waals surface area contributed by atoms with Crippen molar-refractivity contribution in [3.05, 3.63) is 60.4 Å². The lowest BCUT2D eigenvalue weighted by atomic mass is 10.3. The van der Waals surface area contributed by atoms with E-state index in [-0.39, 0.29) is 25.0 Å². The molecule has 1 aromatic heterocycles. The molecule has 1 amide bonds. The van der Waals surface area contributed by atoms with Crippen LogP contribution in [0.3, 0.4) is 0 Å². The summed E-state index contributed by atoms with van der Waals surface area (Å²) in [6, 6.07) is 16.9. The lowest BCUT2D eigenvalue weighted by molar-refractivity contribution is -0.141. The highest BCUT2D eigenvalue weighted by Crippen LogP contribution is 2.17. The molecule has 0 bridgehead atoms. The maximum absolute atomic E-state index is 11.9. The highest BCUT2D eigenvalue weighted by molar-refractivity contribution is 5.79. The van der Waals surface area contributed by atoms with Gasteiger partial charge < -0.3 is 19.4 Å². The summed E-state index contributed by atoms with van der Waals surface area (Å²) in [6.07, 6.45) is 1.33. The molecule has 0 saturated heterocycles. The highest BCUT2D eigenvalue weighted by atomic mass is 16.5. The first-order valence-electron chi connectivity index (χ1n) is 9.13. The van der Waals surface area contributed by atoms with Crippen molar-refractivity contribution >= 4 is 22.9 Å². The zero-order chi connectivity index (χ0) is 19.8. The third-order valence-electron chi connectivity index (χ3n) is 4.26. The molecule has 1 heterocycles. The van der Waals surface area contributed by atoms with Gasteiger partial charge in [0, 0.05) is 13.0 Å². The fourth-order valence-electron chi connectivity index (χ4n) is 2.88. The number of hydrogen-bond donors (Lipinski definition) is 1. The van der Waals surface area contributed by atoms with Gasteiger partial charge in [0.25, 0.3) is 5.91 Å². The Balaban J connectivity index is 1.51. The Morgan fingerprint density at radius 3 is 2.61 bits per heavy atom. The Labute approximate surface area is 163 Å². The van der Waals surface area contributed by atoms with Crippen LogP contribution in [-0.4, -0.2) is 41.7 Å². The third kappa shape index (κ3) is 5.09. The summed E-state index contributed by atoms with van der Waals surface area (Å²) >= 11 is 0. The Morgan fingerprint density at radius 2 is 1.82 bits per heavy atom. The second-order valence-electron chi connectivity index (χ2n) is 6.23. The number of fused-ring (bicyclic) bond motifs is 1. The molecule has 0 radical (unpaired) electrons. The van der Waals surface area contributed by atoms with Gasteiger partial charge in [0.2, 0.25) is 0 Å². The highest BCUT2D eigenvalue weighted by Gasteiger charge is 2.13. The number of ether oxygens (including phenoxy) is 2. The Hall–Kier alpha value is -3.35. The van der Waals surface area contributed by atoms with Crippen LogP contribution in [0.15, 0.2) is 54.6 Å². The summed E-state index contributed by atoms with van der Waals surface area (Å²) in [4.78, 5) is 28.3. The average Bonchev–Trinajstić information content (AvgIpc) is 3.07. The maximum atomic E-state index is 11.9. The fraction of sp³-hybridized carbons (Fsp3) is 0.286. The summed E-state index contributed by atoms with van der Waals surface area (Å²) < 4.78 is 12.1. The molecular formula is C21H23N3O4. The van der Waals surface area contributed by atoms with Gasteiger partial charge >= 0.3 is 5.97 Å². The van der Waals surface area contributed by atoms with Crippen LogP contribution < -0.4 is 10.1 Å². The van der Waals surface area contributed by atoms with Crippen molar-refractivity contribution in [1.82, 2.24) is 14.9 Å². The second-order valence-corrected chi connectivity index (χ2v) is 6.23. The summed E-state index contributed by atoms with van der Waals surface area (Å²) in [5.74, 6) is 0.957. The van der Waals surface area contributed by atoms with E-state index < -0.39 is 0 Å². The van der Waals surface area contributed by atoms with Crippen LogP contribution in [0.1, 0.15) is 12.2 Å². The molecule has 146 valence electrons. The van der Waals surface area contributed by atoms with E-state index in [0.717, 1.165) is 16.9 Å². The molecule has 0 aliphatic heterocycles.